The maximum atomic E-state index is 12.2. The third kappa shape index (κ3) is 1.77. The first-order valence-electron chi connectivity index (χ1n) is 6.03. The van der Waals surface area contributed by atoms with E-state index in [4.69, 9.17) is 10.5 Å². The molecule has 0 aromatic carbocycles. The van der Waals surface area contributed by atoms with Crippen molar-refractivity contribution in [1.82, 2.24) is 0 Å². The molecule has 5 heteroatoms. The quantitative estimate of drug-likeness (QED) is 0.832. The molecule has 0 unspecified atom stereocenters. The van der Waals surface area contributed by atoms with Gasteiger partial charge in [0.05, 0.1) is 17.6 Å². The second-order valence-electron chi connectivity index (χ2n) is 4.66. The van der Waals surface area contributed by atoms with Gasteiger partial charge < -0.3 is 10.5 Å². The Morgan fingerprint density at radius 1 is 1.67 bits per heavy atom. The van der Waals surface area contributed by atoms with E-state index in [0.717, 1.165) is 23.3 Å². The molecule has 4 nitrogen and oxygen atoms in total. The third-order valence-corrected chi connectivity index (χ3v) is 4.56. The predicted octanol–water partition coefficient (Wildman–Crippen LogP) is 2.36. The maximum absolute atomic E-state index is 12.2. The van der Waals surface area contributed by atoms with Crippen LogP contribution in [-0.2, 0) is 21.4 Å². The van der Waals surface area contributed by atoms with E-state index in [2.05, 4.69) is 6.07 Å². The molecule has 2 N–H and O–H groups in total. The van der Waals surface area contributed by atoms with Crippen molar-refractivity contribution in [3.63, 3.8) is 0 Å². The van der Waals surface area contributed by atoms with Crippen molar-refractivity contribution < 1.29 is 9.53 Å². The number of fused-ring (bicyclic) bond motifs is 1. The van der Waals surface area contributed by atoms with Gasteiger partial charge in [-0.3, -0.25) is 4.79 Å². The van der Waals surface area contributed by atoms with E-state index >= 15 is 0 Å². The summed E-state index contributed by atoms with van der Waals surface area (Å²) >= 11 is 1.43. The van der Waals surface area contributed by atoms with Crippen molar-refractivity contribution >= 4 is 22.3 Å². The number of ether oxygens (including phenoxy) is 1. The highest BCUT2D eigenvalue weighted by Crippen LogP contribution is 2.46. The Bertz CT molecular complexity index is 530. The molecular weight excluding hydrogens is 248 g/mol. The number of aryl methyl sites for hydroxylation is 1. The smallest absolute Gasteiger partial charge is 0.316 e. The number of nitrogen functional groups attached to an aromatic ring is 1. The molecule has 0 amide bonds. The summed E-state index contributed by atoms with van der Waals surface area (Å²) in [5.41, 5.74) is 6.42. The number of hydrogen-bond acceptors (Lipinski definition) is 5. The van der Waals surface area contributed by atoms with Crippen LogP contribution in [0.4, 0.5) is 5.00 Å². The number of hydrogen-bond donors (Lipinski definition) is 1. The number of rotatable bonds is 2. The van der Waals surface area contributed by atoms with Gasteiger partial charge in [-0.15, -0.1) is 11.3 Å². The lowest BCUT2D eigenvalue weighted by Crippen LogP contribution is -2.37. The molecule has 1 aliphatic carbocycles. The van der Waals surface area contributed by atoms with Crippen LogP contribution in [0.2, 0.25) is 0 Å². The molecule has 1 aromatic rings. The first-order chi connectivity index (χ1) is 8.54. The second kappa shape index (κ2) is 4.62. The van der Waals surface area contributed by atoms with Crippen molar-refractivity contribution in [2.45, 2.75) is 38.5 Å². The van der Waals surface area contributed by atoms with Crippen LogP contribution in [-0.4, -0.2) is 12.6 Å². The van der Waals surface area contributed by atoms with Gasteiger partial charge in [-0.1, -0.05) is 0 Å². The van der Waals surface area contributed by atoms with Crippen molar-refractivity contribution in [2.75, 3.05) is 12.3 Å². The molecule has 18 heavy (non-hydrogen) atoms. The van der Waals surface area contributed by atoms with Crippen LogP contribution in [0.1, 0.15) is 42.7 Å². The topological polar surface area (TPSA) is 76.1 Å². The number of thiophene rings is 1. The Morgan fingerprint density at radius 3 is 3.00 bits per heavy atom. The lowest BCUT2D eigenvalue weighted by Gasteiger charge is -2.31. The van der Waals surface area contributed by atoms with E-state index < -0.39 is 5.41 Å². The minimum Gasteiger partial charge on any atom is -0.465 e. The van der Waals surface area contributed by atoms with E-state index in [1.807, 2.05) is 6.92 Å². The summed E-state index contributed by atoms with van der Waals surface area (Å²) < 4.78 is 5.17. The highest BCUT2D eigenvalue weighted by atomic mass is 32.1. The van der Waals surface area contributed by atoms with Crippen molar-refractivity contribution in [1.29, 1.82) is 5.26 Å². The van der Waals surface area contributed by atoms with Crippen molar-refractivity contribution in [3.8, 4) is 6.07 Å². The van der Waals surface area contributed by atoms with Gasteiger partial charge in [-0.2, -0.15) is 5.26 Å². The van der Waals surface area contributed by atoms with E-state index in [1.165, 1.54) is 11.3 Å². The molecule has 1 heterocycles. The zero-order valence-corrected chi connectivity index (χ0v) is 11.4. The van der Waals surface area contributed by atoms with Crippen LogP contribution in [0.3, 0.4) is 0 Å². The fourth-order valence-electron chi connectivity index (χ4n) is 2.59. The van der Waals surface area contributed by atoms with Crippen LogP contribution in [0.5, 0.6) is 0 Å². The van der Waals surface area contributed by atoms with Gasteiger partial charge >= 0.3 is 5.97 Å². The molecule has 0 fully saturated rings. The average Bonchev–Trinajstić information content (AvgIpc) is 2.66. The summed E-state index contributed by atoms with van der Waals surface area (Å²) in [6, 6.07) is 2.13. The number of carbonyl (C=O) groups is 1. The lowest BCUT2D eigenvalue weighted by molar-refractivity contribution is -0.150. The van der Waals surface area contributed by atoms with Crippen molar-refractivity contribution in [3.05, 3.63) is 16.0 Å². The molecule has 1 aliphatic rings. The molecule has 0 saturated heterocycles. The molecule has 0 aliphatic heterocycles. The molecule has 1 aromatic heterocycles. The Morgan fingerprint density at radius 2 is 2.39 bits per heavy atom. The Labute approximate surface area is 110 Å². The van der Waals surface area contributed by atoms with Crippen molar-refractivity contribution in [2.24, 2.45) is 0 Å². The summed E-state index contributed by atoms with van der Waals surface area (Å²) in [5.74, 6) is -0.250. The van der Waals surface area contributed by atoms with Gasteiger partial charge in [0, 0.05) is 10.4 Å². The SMILES string of the molecule is CCOC(=O)[C@@]1(C)CCCc2sc(N)c(C#N)c21. The fourth-order valence-corrected chi connectivity index (χ4v) is 3.78. The second-order valence-corrected chi connectivity index (χ2v) is 5.79. The molecule has 1 atom stereocenters. The van der Waals surface area contributed by atoms with E-state index in [0.29, 0.717) is 23.6 Å². The number of carbonyl (C=O) groups excluding carboxylic acids is 1. The summed E-state index contributed by atoms with van der Waals surface area (Å²) in [6.07, 6.45) is 2.53. The van der Waals surface area contributed by atoms with Crippen LogP contribution < -0.4 is 5.73 Å². The molecule has 96 valence electrons. The lowest BCUT2D eigenvalue weighted by atomic mass is 9.72. The Kier molecular flexibility index (Phi) is 3.31. The van der Waals surface area contributed by atoms with Crippen LogP contribution in [0.15, 0.2) is 0 Å². The molecule has 0 saturated carbocycles. The highest BCUT2D eigenvalue weighted by molar-refractivity contribution is 7.16. The van der Waals surface area contributed by atoms with Crippen LogP contribution in [0.25, 0.3) is 0 Å². The predicted molar refractivity (Wildman–Crippen MR) is 70.4 cm³/mol. The summed E-state index contributed by atoms with van der Waals surface area (Å²) in [6.45, 7) is 4.00. The Hall–Kier alpha value is -1.54. The summed E-state index contributed by atoms with van der Waals surface area (Å²) in [4.78, 5) is 13.3. The van der Waals surface area contributed by atoms with Gasteiger partial charge in [0.2, 0.25) is 0 Å². The third-order valence-electron chi connectivity index (χ3n) is 3.48. The van der Waals surface area contributed by atoms with Gasteiger partial charge in [0.25, 0.3) is 0 Å². The first kappa shape index (κ1) is 12.9. The van der Waals surface area contributed by atoms with E-state index in [-0.39, 0.29) is 5.97 Å². The minimum absolute atomic E-state index is 0.250. The van der Waals surface area contributed by atoms with Crippen LogP contribution in [0, 0.1) is 11.3 Å². The number of anilines is 1. The molecule has 0 spiro atoms. The highest BCUT2D eigenvalue weighted by Gasteiger charge is 2.44. The monoisotopic (exact) mass is 264 g/mol. The van der Waals surface area contributed by atoms with Crippen LogP contribution >= 0.6 is 11.3 Å². The summed E-state index contributed by atoms with van der Waals surface area (Å²) in [5, 5.41) is 9.75. The standard InChI is InChI=1S/C13H16N2O2S/c1-3-17-12(16)13(2)6-4-5-9-10(13)8(7-14)11(15)18-9/h3-6,15H2,1-2H3/t13-/m0/s1. The largest absolute Gasteiger partial charge is 0.465 e. The van der Waals surface area contributed by atoms with Gasteiger partial charge in [0.15, 0.2) is 0 Å². The Balaban J connectivity index is 2.56. The van der Waals surface area contributed by atoms with E-state index in [9.17, 15) is 10.1 Å². The number of esters is 1. The molecule has 0 bridgehead atoms. The number of nitrogens with two attached hydrogens (primary N) is 1. The van der Waals surface area contributed by atoms with Gasteiger partial charge in [-0.05, 0) is 33.1 Å². The van der Waals surface area contributed by atoms with E-state index in [1.54, 1.807) is 6.92 Å². The fraction of sp³-hybridized carbons (Fsp3) is 0.538. The minimum atomic E-state index is -0.719. The first-order valence-corrected chi connectivity index (χ1v) is 6.85. The number of nitrogens with zero attached hydrogens (tertiary/aromatic N) is 1. The average molecular weight is 264 g/mol. The normalized spacial score (nSPS) is 22.1. The number of nitriles is 1. The summed E-state index contributed by atoms with van der Waals surface area (Å²) in [7, 11) is 0. The zero-order chi connectivity index (χ0) is 13.3. The molecule has 0 radical (unpaired) electrons. The van der Waals surface area contributed by atoms with Gasteiger partial charge in [-0.25, -0.2) is 0 Å². The molecule has 2 rings (SSSR count). The van der Waals surface area contributed by atoms with Gasteiger partial charge in [0.1, 0.15) is 11.1 Å². The maximum Gasteiger partial charge on any atom is 0.316 e. The zero-order valence-electron chi connectivity index (χ0n) is 10.6. The molecular formula is C13H16N2O2S.